The van der Waals surface area contributed by atoms with Crippen LogP contribution in [0.3, 0.4) is 0 Å². The lowest BCUT2D eigenvalue weighted by molar-refractivity contribution is 0.375. The van der Waals surface area contributed by atoms with Crippen molar-refractivity contribution in [2.45, 2.75) is 18.9 Å². The molecule has 1 aliphatic rings. The second kappa shape index (κ2) is 6.17. The maximum Gasteiger partial charge on any atom is 0.0931 e. The topological polar surface area (TPSA) is 29.3 Å². The second-order valence-electron chi connectivity index (χ2n) is 5.57. The highest BCUT2D eigenvalue weighted by Gasteiger charge is 2.25. The van der Waals surface area contributed by atoms with E-state index in [-0.39, 0.29) is 6.04 Å². The molecule has 106 valence electrons. The van der Waals surface area contributed by atoms with Crippen LogP contribution < -0.4 is 10.6 Å². The lowest BCUT2D eigenvalue weighted by Gasteiger charge is -2.37. The number of rotatable bonds is 3. The van der Waals surface area contributed by atoms with Crippen molar-refractivity contribution >= 4 is 28.6 Å². The maximum absolute atomic E-state index is 6.25. The maximum atomic E-state index is 6.25. The fourth-order valence-corrected chi connectivity index (χ4v) is 3.95. The molecule has 1 aliphatic heterocycles. The van der Waals surface area contributed by atoms with Gasteiger partial charge in [0.25, 0.3) is 0 Å². The standard InChI is InChI=1S/C16H19ClN2S/c17-16-8-13(11-20-16)6-12-7-14(18)10-19(9-12)15-4-2-1-3-5-15/h1-5,8,11-12,14H,6-7,9-10,18H2. The van der Waals surface area contributed by atoms with Gasteiger partial charge in [-0.1, -0.05) is 29.8 Å². The minimum absolute atomic E-state index is 0.253. The third-order valence-electron chi connectivity index (χ3n) is 3.84. The van der Waals surface area contributed by atoms with Gasteiger partial charge in [0.2, 0.25) is 0 Å². The zero-order valence-electron chi connectivity index (χ0n) is 11.3. The van der Waals surface area contributed by atoms with Crippen LogP contribution in [0.4, 0.5) is 5.69 Å². The van der Waals surface area contributed by atoms with Crippen molar-refractivity contribution in [3.8, 4) is 0 Å². The highest BCUT2D eigenvalue weighted by molar-refractivity contribution is 7.14. The first-order valence-electron chi connectivity index (χ1n) is 6.99. The van der Waals surface area contributed by atoms with Crippen molar-refractivity contribution in [3.63, 3.8) is 0 Å². The van der Waals surface area contributed by atoms with Crippen LogP contribution >= 0.6 is 22.9 Å². The predicted octanol–water partition coefficient (Wildman–Crippen LogP) is 3.80. The molecule has 0 aliphatic carbocycles. The summed E-state index contributed by atoms with van der Waals surface area (Å²) in [5.41, 5.74) is 8.86. The van der Waals surface area contributed by atoms with E-state index >= 15 is 0 Å². The number of thiophene rings is 1. The van der Waals surface area contributed by atoms with E-state index in [1.807, 2.05) is 0 Å². The van der Waals surface area contributed by atoms with Gasteiger partial charge in [0.1, 0.15) is 0 Å². The smallest absolute Gasteiger partial charge is 0.0931 e. The average Bonchev–Trinajstić information content (AvgIpc) is 2.84. The number of benzene rings is 1. The molecule has 0 amide bonds. The molecule has 0 bridgehead atoms. The van der Waals surface area contributed by atoms with Crippen molar-refractivity contribution in [1.82, 2.24) is 0 Å². The van der Waals surface area contributed by atoms with Crippen LogP contribution in [0.25, 0.3) is 0 Å². The van der Waals surface area contributed by atoms with Crippen LogP contribution in [0.1, 0.15) is 12.0 Å². The average molecular weight is 307 g/mol. The molecule has 1 aromatic carbocycles. The summed E-state index contributed by atoms with van der Waals surface area (Å²) in [4.78, 5) is 2.41. The third-order valence-corrected chi connectivity index (χ3v) is 4.98. The Morgan fingerprint density at radius 2 is 2.05 bits per heavy atom. The Kier molecular flexibility index (Phi) is 4.29. The number of hydrogen-bond donors (Lipinski definition) is 1. The normalized spacial score (nSPS) is 23.0. The molecule has 0 spiro atoms. The van der Waals surface area contributed by atoms with E-state index < -0.39 is 0 Å². The van der Waals surface area contributed by atoms with Gasteiger partial charge in [-0.05, 0) is 47.9 Å². The number of piperidine rings is 1. The van der Waals surface area contributed by atoms with Gasteiger partial charge < -0.3 is 10.6 Å². The molecule has 2 nitrogen and oxygen atoms in total. The predicted molar refractivity (Wildman–Crippen MR) is 87.8 cm³/mol. The van der Waals surface area contributed by atoms with Gasteiger partial charge in [0.15, 0.2) is 0 Å². The van der Waals surface area contributed by atoms with Crippen LogP contribution in [0.2, 0.25) is 4.34 Å². The molecule has 20 heavy (non-hydrogen) atoms. The first-order chi connectivity index (χ1) is 9.70. The molecule has 1 fully saturated rings. The molecule has 2 N–H and O–H groups in total. The van der Waals surface area contributed by atoms with Crippen molar-refractivity contribution in [1.29, 1.82) is 0 Å². The monoisotopic (exact) mass is 306 g/mol. The van der Waals surface area contributed by atoms with Crippen LogP contribution in [-0.4, -0.2) is 19.1 Å². The van der Waals surface area contributed by atoms with Gasteiger partial charge >= 0.3 is 0 Å². The quantitative estimate of drug-likeness (QED) is 0.934. The summed E-state index contributed by atoms with van der Waals surface area (Å²) in [5, 5.41) is 2.16. The van der Waals surface area contributed by atoms with Crippen LogP contribution in [-0.2, 0) is 6.42 Å². The van der Waals surface area contributed by atoms with Gasteiger partial charge in [0.05, 0.1) is 4.34 Å². The first-order valence-corrected chi connectivity index (χ1v) is 8.25. The molecule has 2 aromatic rings. The van der Waals surface area contributed by atoms with Crippen molar-refractivity contribution in [2.24, 2.45) is 11.7 Å². The minimum Gasteiger partial charge on any atom is -0.370 e. The molecule has 0 saturated carbocycles. The molecule has 2 atom stereocenters. The first kappa shape index (κ1) is 13.9. The zero-order valence-corrected chi connectivity index (χ0v) is 12.9. The van der Waals surface area contributed by atoms with Crippen molar-refractivity contribution in [2.75, 3.05) is 18.0 Å². The Morgan fingerprint density at radius 3 is 2.75 bits per heavy atom. The summed E-state index contributed by atoms with van der Waals surface area (Å²) in [6.07, 6.45) is 2.16. The van der Waals surface area contributed by atoms with Crippen LogP contribution in [0, 0.1) is 5.92 Å². The number of nitrogens with two attached hydrogens (primary N) is 1. The van der Waals surface area contributed by atoms with Crippen LogP contribution in [0.15, 0.2) is 41.8 Å². The van der Waals surface area contributed by atoms with E-state index in [1.165, 1.54) is 11.3 Å². The fraction of sp³-hybridized carbons (Fsp3) is 0.375. The number of anilines is 1. The summed E-state index contributed by atoms with van der Waals surface area (Å²) >= 11 is 7.63. The number of halogens is 1. The van der Waals surface area contributed by atoms with E-state index in [9.17, 15) is 0 Å². The number of nitrogens with zero attached hydrogens (tertiary/aromatic N) is 1. The Balaban J connectivity index is 1.70. The Bertz CT molecular complexity index is 555. The Hall–Kier alpha value is -1.03. The van der Waals surface area contributed by atoms with Crippen molar-refractivity contribution in [3.05, 3.63) is 51.7 Å². The highest BCUT2D eigenvalue weighted by atomic mass is 35.5. The Morgan fingerprint density at radius 1 is 1.25 bits per heavy atom. The summed E-state index contributed by atoms with van der Waals surface area (Å²) in [7, 11) is 0. The number of hydrogen-bond acceptors (Lipinski definition) is 3. The molecule has 0 radical (unpaired) electrons. The molecule has 2 unspecified atom stereocenters. The summed E-state index contributed by atoms with van der Waals surface area (Å²) < 4.78 is 0.875. The van der Waals surface area contributed by atoms with Gasteiger partial charge in [-0.3, -0.25) is 0 Å². The van der Waals surface area contributed by atoms with Crippen LogP contribution in [0.5, 0.6) is 0 Å². The van der Waals surface area contributed by atoms with E-state index in [1.54, 1.807) is 11.3 Å². The zero-order chi connectivity index (χ0) is 13.9. The molecular weight excluding hydrogens is 288 g/mol. The molecule has 4 heteroatoms. The fourth-order valence-electron chi connectivity index (χ4n) is 3.03. The van der Waals surface area contributed by atoms with E-state index in [2.05, 4.69) is 46.7 Å². The van der Waals surface area contributed by atoms with Gasteiger partial charge in [-0.25, -0.2) is 0 Å². The van der Waals surface area contributed by atoms with E-state index in [0.717, 1.165) is 30.3 Å². The molecule has 1 aromatic heterocycles. The highest BCUT2D eigenvalue weighted by Crippen LogP contribution is 2.27. The Labute approximate surface area is 129 Å². The van der Waals surface area contributed by atoms with Gasteiger partial charge in [-0.2, -0.15) is 0 Å². The van der Waals surface area contributed by atoms with Gasteiger partial charge in [-0.15, -0.1) is 11.3 Å². The summed E-state index contributed by atoms with van der Waals surface area (Å²) in [6.45, 7) is 2.02. The molecular formula is C16H19ClN2S. The van der Waals surface area contributed by atoms with E-state index in [0.29, 0.717) is 5.92 Å². The lowest BCUT2D eigenvalue weighted by Crippen LogP contribution is -2.47. The van der Waals surface area contributed by atoms with Gasteiger partial charge in [0, 0.05) is 24.8 Å². The van der Waals surface area contributed by atoms with E-state index in [4.69, 9.17) is 17.3 Å². The SMILES string of the molecule is NC1CC(Cc2csc(Cl)c2)CN(c2ccccc2)C1. The summed E-state index contributed by atoms with van der Waals surface area (Å²) in [6, 6.07) is 12.9. The lowest BCUT2D eigenvalue weighted by atomic mass is 9.89. The molecule has 2 heterocycles. The minimum atomic E-state index is 0.253. The number of para-hydroxylation sites is 1. The molecule has 1 saturated heterocycles. The summed E-state index contributed by atoms with van der Waals surface area (Å²) in [5.74, 6) is 0.602. The largest absolute Gasteiger partial charge is 0.370 e. The third kappa shape index (κ3) is 3.35. The van der Waals surface area contributed by atoms with Crippen molar-refractivity contribution < 1.29 is 0 Å². The second-order valence-corrected chi connectivity index (χ2v) is 7.11. The molecule has 3 rings (SSSR count).